The topological polar surface area (TPSA) is 128 Å². The molecule has 3 unspecified atom stereocenters. The molecule has 0 radical (unpaired) electrons. The third-order valence-electron chi connectivity index (χ3n) is 9.74. The average Bonchev–Trinajstić information content (AvgIpc) is 3.64. The number of carbonyl (C=O) groups excluding carboxylic acids is 4. The maximum atomic E-state index is 14.3. The zero-order chi connectivity index (χ0) is 33.0. The van der Waals surface area contributed by atoms with Crippen LogP contribution in [0.5, 0.6) is 0 Å². The van der Waals surface area contributed by atoms with E-state index in [1.54, 1.807) is 23.9 Å². The van der Waals surface area contributed by atoms with E-state index in [-0.39, 0.29) is 35.7 Å². The molecule has 4 amide bonds. The van der Waals surface area contributed by atoms with E-state index < -0.39 is 34.9 Å². The number of benzene rings is 1. The van der Waals surface area contributed by atoms with Crippen LogP contribution in [0.2, 0.25) is 0 Å². The Morgan fingerprint density at radius 3 is 2.09 bits per heavy atom. The van der Waals surface area contributed by atoms with Gasteiger partial charge in [-0.15, -0.1) is 0 Å². The Balaban J connectivity index is 1.79. The van der Waals surface area contributed by atoms with Crippen LogP contribution in [-0.2, 0) is 24.6 Å². The van der Waals surface area contributed by atoms with Gasteiger partial charge in [-0.1, -0.05) is 78.8 Å². The number of likely N-dealkylation sites (N-methyl/N-ethyl adjacent to an activating group) is 2. The number of nitrogens with zero attached hydrogens (tertiary/aromatic N) is 3. The Morgan fingerprint density at radius 2 is 1.55 bits per heavy atom. The Kier molecular flexibility index (Phi) is 11.6. The molecular formula is C34H56N6O4. The van der Waals surface area contributed by atoms with Crippen LogP contribution in [0, 0.1) is 11.3 Å². The number of nitrogens with two attached hydrogens (primary N) is 1. The molecular weight excluding hydrogens is 556 g/mol. The van der Waals surface area contributed by atoms with Crippen molar-refractivity contribution in [3.05, 3.63) is 35.9 Å². The van der Waals surface area contributed by atoms with Gasteiger partial charge in [-0.25, -0.2) is 0 Å². The first-order chi connectivity index (χ1) is 20.5. The number of carbonyl (C=O) groups is 4. The van der Waals surface area contributed by atoms with Gasteiger partial charge in [0.15, 0.2) is 0 Å². The first-order valence-corrected chi connectivity index (χ1v) is 16.2. The monoisotopic (exact) mass is 612 g/mol. The summed E-state index contributed by atoms with van der Waals surface area (Å²) in [5.41, 5.74) is 5.55. The minimum absolute atomic E-state index is 0.0424. The fourth-order valence-electron chi connectivity index (χ4n) is 6.96. The maximum absolute atomic E-state index is 14.3. The lowest BCUT2D eigenvalue weighted by Crippen LogP contribution is -2.62. The van der Waals surface area contributed by atoms with Gasteiger partial charge in [-0.3, -0.25) is 24.1 Å². The summed E-state index contributed by atoms with van der Waals surface area (Å²) < 4.78 is 0. The number of hydrogen-bond acceptors (Lipinski definition) is 6. The number of rotatable bonds is 12. The Morgan fingerprint density at radius 1 is 0.955 bits per heavy atom. The fraction of sp³-hybridized carbons (Fsp3) is 0.706. The third kappa shape index (κ3) is 7.80. The van der Waals surface area contributed by atoms with Gasteiger partial charge in [0.05, 0.1) is 12.1 Å². The quantitative estimate of drug-likeness (QED) is 0.333. The molecule has 2 aliphatic rings. The van der Waals surface area contributed by atoms with Crippen LogP contribution in [0.3, 0.4) is 0 Å². The molecule has 0 saturated carbocycles. The molecule has 44 heavy (non-hydrogen) atoms. The molecule has 10 nitrogen and oxygen atoms in total. The maximum Gasteiger partial charge on any atom is 0.245 e. The van der Waals surface area contributed by atoms with Crippen LogP contribution >= 0.6 is 0 Å². The molecule has 0 aliphatic carbocycles. The van der Waals surface area contributed by atoms with E-state index in [4.69, 9.17) is 5.73 Å². The van der Waals surface area contributed by atoms with Crippen molar-refractivity contribution in [2.45, 2.75) is 110 Å². The molecule has 1 aromatic rings. The summed E-state index contributed by atoms with van der Waals surface area (Å²) in [5.74, 6) is -0.784. The van der Waals surface area contributed by atoms with Crippen molar-refractivity contribution >= 4 is 23.6 Å². The van der Waals surface area contributed by atoms with E-state index in [0.29, 0.717) is 25.9 Å². The largest absolute Gasteiger partial charge is 0.368 e. The van der Waals surface area contributed by atoms with E-state index in [1.807, 2.05) is 65.0 Å². The van der Waals surface area contributed by atoms with Gasteiger partial charge in [-0.05, 0) is 56.2 Å². The number of amides is 4. The standard InChI is InChI=1S/C34H56N6O4/c1-22(2)26(21-39-19-13-18-25(39)31(43)40-20-14-17-24(40)29(35)41)38(9)32(44)28(33(3,4)5)37-30(42)27(36-8)34(6,7)23-15-11-10-12-16-23/h10-12,15-16,22,24-28,36H,13-14,17-21H2,1-9H3,(H2,35,41)(H,37,42)/t24-,25-,26?,27?,28?/m0/s1. The summed E-state index contributed by atoms with van der Waals surface area (Å²) in [5, 5.41) is 6.32. The number of likely N-dealkylation sites (tertiary alicyclic amines) is 2. The summed E-state index contributed by atoms with van der Waals surface area (Å²) in [7, 11) is 3.57. The molecule has 5 atom stereocenters. The Labute approximate surface area is 264 Å². The summed E-state index contributed by atoms with van der Waals surface area (Å²) in [6, 6.07) is 7.50. The lowest BCUT2D eigenvalue weighted by atomic mass is 9.76. The van der Waals surface area contributed by atoms with Crippen LogP contribution in [0.1, 0.15) is 79.7 Å². The molecule has 4 N–H and O–H groups in total. The predicted molar refractivity (Wildman–Crippen MR) is 174 cm³/mol. The second kappa shape index (κ2) is 14.4. The smallest absolute Gasteiger partial charge is 0.245 e. The molecule has 0 aromatic heterocycles. The molecule has 0 spiro atoms. The molecule has 2 saturated heterocycles. The van der Waals surface area contributed by atoms with Gasteiger partial charge < -0.3 is 26.2 Å². The van der Waals surface area contributed by atoms with E-state index >= 15 is 0 Å². The van der Waals surface area contributed by atoms with Crippen LogP contribution in [-0.4, -0.2) is 102 Å². The Bertz CT molecular complexity index is 1160. The highest BCUT2D eigenvalue weighted by Crippen LogP contribution is 2.30. The van der Waals surface area contributed by atoms with Crippen molar-refractivity contribution in [3.8, 4) is 0 Å². The second-order valence-corrected chi connectivity index (χ2v) is 14.6. The summed E-state index contributed by atoms with van der Waals surface area (Å²) in [6.07, 6.45) is 2.97. The normalized spacial score (nSPS) is 21.6. The second-order valence-electron chi connectivity index (χ2n) is 14.6. The summed E-state index contributed by atoms with van der Waals surface area (Å²) in [6.45, 7) is 15.9. The first-order valence-electron chi connectivity index (χ1n) is 16.2. The summed E-state index contributed by atoms with van der Waals surface area (Å²) >= 11 is 0. The fourth-order valence-corrected chi connectivity index (χ4v) is 6.96. The number of primary amides is 1. The molecule has 3 rings (SSSR count). The molecule has 246 valence electrons. The summed E-state index contributed by atoms with van der Waals surface area (Å²) in [4.78, 5) is 59.3. The first kappa shape index (κ1) is 35.5. The van der Waals surface area contributed by atoms with Crippen molar-refractivity contribution in [2.24, 2.45) is 17.1 Å². The highest BCUT2D eigenvalue weighted by molar-refractivity contribution is 5.91. The average molecular weight is 613 g/mol. The van der Waals surface area contributed by atoms with Crippen LogP contribution in [0.25, 0.3) is 0 Å². The lowest BCUT2D eigenvalue weighted by molar-refractivity contribution is -0.143. The molecule has 2 fully saturated rings. The number of nitrogens with one attached hydrogen (secondary N) is 2. The van der Waals surface area contributed by atoms with Gasteiger partial charge in [0, 0.05) is 31.6 Å². The van der Waals surface area contributed by atoms with Gasteiger partial charge in [0.2, 0.25) is 23.6 Å². The van der Waals surface area contributed by atoms with Gasteiger partial charge in [0.25, 0.3) is 0 Å². The van der Waals surface area contributed by atoms with Crippen LogP contribution < -0.4 is 16.4 Å². The van der Waals surface area contributed by atoms with E-state index in [1.165, 1.54) is 0 Å². The lowest BCUT2D eigenvalue weighted by Gasteiger charge is -2.41. The van der Waals surface area contributed by atoms with E-state index in [0.717, 1.165) is 24.9 Å². The Hall–Kier alpha value is -2.98. The zero-order valence-electron chi connectivity index (χ0n) is 28.4. The van der Waals surface area contributed by atoms with Crippen molar-refractivity contribution in [1.29, 1.82) is 0 Å². The van der Waals surface area contributed by atoms with E-state index in [9.17, 15) is 19.2 Å². The van der Waals surface area contributed by atoms with Gasteiger partial charge >= 0.3 is 0 Å². The highest BCUT2D eigenvalue weighted by Gasteiger charge is 2.44. The van der Waals surface area contributed by atoms with Gasteiger partial charge in [0.1, 0.15) is 12.1 Å². The van der Waals surface area contributed by atoms with Crippen LogP contribution in [0.4, 0.5) is 0 Å². The minimum Gasteiger partial charge on any atom is -0.368 e. The van der Waals surface area contributed by atoms with E-state index in [2.05, 4.69) is 29.4 Å². The van der Waals surface area contributed by atoms with Crippen molar-refractivity contribution in [1.82, 2.24) is 25.3 Å². The molecule has 10 heteroatoms. The minimum atomic E-state index is -0.763. The predicted octanol–water partition coefficient (Wildman–Crippen LogP) is 2.51. The molecule has 1 aromatic carbocycles. The molecule has 0 bridgehead atoms. The van der Waals surface area contributed by atoms with Crippen LogP contribution in [0.15, 0.2) is 30.3 Å². The van der Waals surface area contributed by atoms with Crippen molar-refractivity contribution < 1.29 is 19.2 Å². The van der Waals surface area contributed by atoms with Crippen molar-refractivity contribution in [3.63, 3.8) is 0 Å². The van der Waals surface area contributed by atoms with Crippen molar-refractivity contribution in [2.75, 3.05) is 33.7 Å². The molecule has 2 heterocycles. The zero-order valence-corrected chi connectivity index (χ0v) is 28.4. The van der Waals surface area contributed by atoms with Gasteiger partial charge in [-0.2, -0.15) is 0 Å². The number of hydrogen-bond donors (Lipinski definition) is 3. The molecule has 2 aliphatic heterocycles. The SMILES string of the molecule is CNC(C(=O)NC(C(=O)N(C)C(CN1CCC[C@H]1C(=O)N1CCC[C@H]1C(N)=O)C(C)C)C(C)(C)C)C(C)(C)c1ccccc1. The highest BCUT2D eigenvalue weighted by atomic mass is 16.2. The third-order valence-corrected chi connectivity index (χ3v) is 9.74.